The maximum Gasteiger partial charge on any atom is 0.251 e. The van der Waals surface area contributed by atoms with Gasteiger partial charge in [0, 0.05) is 48.9 Å². The molecule has 1 aliphatic rings. The number of amides is 1. The highest BCUT2D eigenvalue weighted by atomic mass is 16.3. The number of carbonyl (C=O) groups is 1. The summed E-state index contributed by atoms with van der Waals surface area (Å²) in [6.07, 6.45) is 6.78. The Morgan fingerprint density at radius 1 is 1.16 bits per heavy atom. The third-order valence-electron chi connectivity index (χ3n) is 6.06. The summed E-state index contributed by atoms with van der Waals surface area (Å²) in [6.45, 7) is 1.53. The van der Waals surface area contributed by atoms with E-state index in [1.807, 2.05) is 48.0 Å². The summed E-state index contributed by atoms with van der Waals surface area (Å²) in [5.74, 6) is 0.884. The number of pyridine rings is 1. The van der Waals surface area contributed by atoms with Gasteiger partial charge in [0.05, 0.1) is 24.9 Å². The Morgan fingerprint density at radius 2 is 1.94 bits per heavy atom. The van der Waals surface area contributed by atoms with Crippen molar-refractivity contribution in [2.75, 3.05) is 18.0 Å². The molecule has 0 aliphatic carbocycles. The number of hydrogen-bond donors (Lipinski definition) is 2. The van der Waals surface area contributed by atoms with Crippen molar-refractivity contribution in [1.82, 2.24) is 19.9 Å². The van der Waals surface area contributed by atoms with Crippen LogP contribution in [0.2, 0.25) is 0 Å². The highest BCUT2D eigenvalue weighted by molar-refractivity contribution is 5.96. The first-order valence-corrected chi connectivity index (χ1v) is 10.7. The molecule has 1 aliphatic heterocycles. The van der Waals surface area contributed by atoms with Crippen molar-refractivity contribution in [3.8, 4) is 11.3 Å². The maximum absolute atomic E-state index is 12.8. The van der Waals surface area contributed by atoms with Crippen LogP contribution in [0.5, 0.6) is 0 Å². The third-order valence-corrected chi connectivity index (χ3v) is 6.06. The zero-order valence-electron chi connectivity index (χ0n) is 17.9. The van der Waals surface area contributed by atoms with Crippen molar-refractivity contribution >= 4 is 22.7 Å². The zero-order valence-corrected chi connectivity index (χ0v) is 17.9. The van der Waals surface area contributed by atoms with Crippen molar-refractivity contribution in [2.24, 2.45) is 7.05 Å². The quantitative estimate of drug-likeness (QED) is 0.504. The monoisotopic (exact) mass is 431 g/mol. The summed E-state index contributed by atoms with van der Waals surface area (Å²) in [4.78, 5) is 23.7. The molecule has 1 aromatic carbocycles. The molecule has 4 heterocycles. The molecule has 0 radical (unpaired) electrons. The molecular formula is C24H25N5O3. The standard InChI is InChI=1S/C24H25N5O3/c1-28-15-26-20(14-30)24(28)29-11-7-18(8-12-29)27-23(31)17-4-2-16(3-5-17)22-19-9-13-32-21(19)6-10-25-22/h2-6,9-10,13,15,18,30H,7-8,11-12,14H2,1H3,(H,27,31). The van der Waals surface area contributed by atoms with Gasteiger partial charge in [0.2, 0.25) is 0 Å². The van der Waals surface area contributed by atoms with Crippen molar-refractivity contribution in [1.29, 1.82) is 0 Å². The lowest BCUT2D eigenvalue weighted by molar-refractivity contribution is 0.0931. The van der Waals surface area contributed by atoms with Gasteiger partial charge in [0.25, 0.3) is 5.91 Å². The highest BCUT2D eigenvalue weighted by Crippen LogP contribution is 2.27. The fourth-order valence-electron chi connectivity index (χ4n) is 4.40. The smallest absolute Gasteiger partial charge is 0.251 e. The lowest BCUT2D eigenvalue weighted by atomic mass is 10.0. The zero-order chi connectivity index (χ0) is 22.1. The van der Waals surface area contributed by atoms with Gasteiger partial charge in [-0.2, -0.15) is 0 Å². The molecule has 1 fully saturated rings. The first kappa shape index (κ1) is 20.3. The van der Waals surface area contributed by atoms with Gasteiger partial charge in [-0.1, -0.05) is 12.1 Å². The number of carbonyl (C=O) groups excluding carboxylic acids is 1. The Balaban J connectivity index is 1.22. The average Bonchev–Trinajstić information content (AvgIpc) is 3.46. The van der Waals surface area contributed by atoms with Crippen LogP contribution in [0.15, 0.2) is 59.6 Å². The Kier molecular flexibility index (Phi) is 5.36. The highest BCUT2D eigenvalue weighted by Gasteiger charge is 2.24. The second-order valence-electron chi connectivity index (χ2n) is 8.09. The van der Waals surface area contributed by atoms with Crippen molar-refractivity contribution in [3.05, 3.63) is 66.4 Å². The van der Waals surface area contributed by atoms with E-state index in [1.54, 1.807) is 18.8 Å². The third kappa shape index (κ3) is 3.73. The molecule has 3 aromatic heterocycles. The van der Waals surface area contributed by atoms with E-state index in [1.165, 1.54) is 0 Å². The summed E-state index contributed by atoms with van der Waals surface area (Å²) in [5.41, 5.74) is 3.89. The number of piperidine rings is 1. The molecule has 0 unspecified atom stereocenters. The Hall–Kier alpha value is -3.65. The van der Waals surface area contributed by atoms with E-state index in [4.69, 9.17) is 4.42 Å². The molecule has 2 N–H and O–H groups in total. The normalized spacial score (nSPS) is 14.8. The van der Waals surface area contributed by atoms with Crippen molar-refractivity contribution < 1.29 is 14.3 Å². The van der Waals surface area contributed by atoms with Gasteiger partial charge in [-0.25, -0.2) is 4.98 Å². The number of nitrogens with one attached hydrogen (secondary N) is 1. The van der Waals surface area contributed by atoms with Crippen LogP contribution in [-0.4, -0.2) is 44.7 Å². The van der Waals surface area contributed by atoms with Crippen LogP contribution in [0.1, 0.15) is 28.9 Å². The van der Waals surface area contributed by atoms with Crippen molar-refractivity contribution in [3.63, 3.8) is 0 Å². The summed E-state index contributed by atoms with van der Waals surface area (Å²) in [7, 11) is 1.93. The second kappa shape index (κ2) is 8.47. The van der Waals surface area contributed by atoms with Crippen LogP contribution in [0.4, 0.5) is 5.82 Å². The predicted octanol–water partition coefficient (Wildman–Crippen LogP) is 3.12. The van der Waals surface area contributed by atoms with E-state index in [0.29, 0.717) is 11.3 Å². The first-order chi connectivity index (χ1) is 15.6. The topological polar surface area (TPSA) is 96.4 Å². The van der Waals surface area contributed by atoms with E-state index in [-0.39, 0.29) is 18.6 Å². The summed E-state index contributed by atoms with van der Waals surface area (Å²) < 4.78 is 7.39. The number of anilines is 1. The molecule has 1 saturated heterocycles. The first-order valence-electron chi connectivity index (χ1n) is 10.7. The van der Waals surface area contributed by atoms with Gasteiger partial charge in [0.1, 0.15) is 17.1 Å². The number of nitrogens with zero attached hydrogens (tertiary/aromatic N) is 4. The fourth-order valence-corrected chi connectivity index (χ4v) is 4.40. The second-order valence-corrected chi connectivity index (χ2v) is 8.09. The molecule has 8 heteroatoms. The predicted molar refractivity (Wildman–Crippen MR) is 121 cm³/mol. The number of benzene rings is 1. The number of imidazole rings is 1. The van der Waals surface area contributed by atoms with Crippen LogP contribution >= 0.6 is 0 Å². The number of aromatic nitrogens is 3. The van der Waals surface area contributed by atoms with Gasteiger partial charge in [-0.15, -0.1) is 0 Å². The average molecular weight is 431 g/mol. The molecule has 0 spiro atoms. The van der Waals surface area contributed by atoms with Crippen LogP contribution in [-0.2, 0) is 13.7 Å². The van der Waals surface area contributed by atoms with Gasteiger partial charge < -0.3 is 24.3 Å². The van der Waals surface area contributed by atoms with E-state index in [9.17, 15) is 9.90 Å². The molecule has 1 amide bonds. The van der Waals surface area contributed by atoms with Crippen molar-refractivity contribution in [2.45, 2.75) is 25.5 Å². The maximum atomic E-state index is 12.8. The van der Waals surface area contributed by atoms with Crippen LogP contribution in [0, 0.1) is 0 Å². The molecule has 0 atom stereocenters. The van der Waals surface area contributed by atoms with E-state index in [0.717, 1.165) is 54.0 Å². The van der Waals surface area contributed by atoms with Gasteiger partial charge >= 0.3 is 0 Å². The molecule has 4 aromatic rings. The van der Waals surface area contributed by atoms with Crippen LogP contribution in [0.25, 0.3) is 22.2 Å². The SMILES string of the molecule is Cn1cnc(CO)c1N1CCC(NC(=O)c2ccc(-c3nccc4occc34)cc2)CC1. The van der Waals surface area contributed by atoms with Crippen LogP contribution < -0.4 is 10.2 Å². The molecular weight excluding hydrogens is 406 g/mol. The number of aryl methyl sites for hydroxylation is 1. The lowest BCUT2D eigenvalue weighted by Gasteiger charge is -2.34. The number of rotatable bonds is 5. The summed E-state index contributed by atoms with van der Waals surface area (Å²) in [5, 5.41) is 13.6. The van der Waals surface area contributed by atoms with Gasteiger partial charge in [0.15, 0.2) is 0 Å². The number of furan rings is 1. The molecule has 8 nitrogen and oxygen atoms in total. The Labute approximate surface area is 185 Å². The largest absolute Gasteiger partial charge is 0.464 e. The number of fused-ring (bicyclic) bond motifs is 1. The number of aliphatic hydroxyl groups excluding tert-OH is 1. The molecule has 164 valence electrons. The van der Waals surface area contributed by atoms with Crippen LogP contribution in [0.3, 0.4) is 0 Å². The Morgan fingerprint density at radius 3 is 2.69 bits per heavy atom. The molecule has 32 heavy (non-hydrogen) atoms. The minimum absolute atomic E-state index is 0.0685. The fraction of sp³-hybridized carbons (Fsp3) is 0.292. The minimum Gasteiger partial charge on any atom is -0.464 e. The van der Waals surface area contributed by atoms with Gasteiger partial charge in [-0.3, -0.25) is 9.78 Å². The lowest BCUT2D eigenvalue weighted by Crippen LogP contribution is -2.45. The number of aliphatic hydroxyl groups is 1. The molecule has 0 bridgehead atoms. The number of hydrogen-bond acceptors (Lipinski definition) is 6. The molecule has 5 rings (SSSR count). The Bertz CT molecular complexity index is 1240. The molecule has 0 saturated carbocycles. The van der Waals surface area contributed by atoms with E-state index >= 15 is 0 Å². The minimum atomic E-state index is -0.0759. The van der Waals surface area contributed by atoms with E-state index < -0.39 is 0 Å². The van der Waals surface area contributed by atoms with E-state index in [2.05, 4.69) is 20.2 Å². The van der Waals surface area contributed by atoms with Gasteiger partial charge in [-0.05, 0) is 37.1 Å². The summed E-state index contributed by atoms with van der Waals surface area (Å²) in [6, 6.07) is 11.4. The summed E-state index contributed by atoms with van der Waals surface area (Å²) >= 11 is 0.